The van der Waals surface area contributed by atoms with Crippen LogP contribution in [0.15, 0.2) is 53.1 Å². The molecule has 0 spiro atoms. The molecule has 2 aromatic heterocycles. The molecule has 2 N–H and O–H groups in total. The minimum atomic E-state index is -0.348. The molecular weight excluding hydrogens is 351 g/mol. The Balaban J connectivity index is 1.60. The summed E-state index contributed by atoms with van der Waals surface area (Å²) in [5.74, 6) is 1.33. The molecule has 122 valence electrons. The summed E-state index contributed by atoms with van der Waals surface area (Å²) in [5, 5.41) is 14.3. The number of nitrogens with zero attached hydrogens (tertiary/aromatic N) is 2. The van der Waals surface area contributed by atoms with Gasteiger partial charge in [0.1, 0.15) is 11.6 Å². The fourth-order valence-corrected chi connectivity index (χ4v) is 2.21. The molecule has 0 aliphatic carbocycles. The molecule has 0 aliphatic rings. The molecule has 0 saturated heterocycles. The summed E-state index contributed by atoms with van der Waals surface area (Å²) in [6.07, 6.45) is 1.60. The van der Waals surface area contributed by atoms with E-state index in [-0.39, 0.29) is 5.91 Å². The predicted molar refractivity (Wildman–Crippen MR) is 92.5 cm³/mol. The van der Waals surface area contributed by atoms with Gasteiger partial charge in [-0.3, -0.25) is 4.79 Å². The Morgan fingerprint density at radius 1 is 1.04 bits per heavy atom. The zero-order valence-corrected chi connectivity index (χ0v) is 13.8. The third-order valence-electron chi connectivity index (χ3n) is 3.11. The zero-order valence-electron chi connectivity index (χ0n) is 12.3. The fraction of sp³-hybridized carbons (Fsp3) is 0.0625. The van der Waals surface area contributed by atoms with E-state index in [0.29, 0.717) is 33.8 Å². The summed E-state index contributed by atoms with van der Waals surface area (Å²) in [6.45, 7) is 0.497. The topological polar surface area (TPSA) is 80.0 Å². The van der Waals surface area contributed by atoms with Crippen molar-refractivity contribution < 1.29 is 9.21 Å². The lowest BCUT2D eigenvalue weighted by Crippen LogP contribution is -2.13. The Morgan fingerprint density at radius 2 is 1.83 bits per heavy atom. The molecule has 3 aromatic rings. The van der Waals surface area contributed by atoms with E-state index in [4.69, 9.17) is 27.6 Å². The van der Waals surface area contributed by atoms with Crippen molar-refractivity contribution >= 4 is 40.7 Å². The van der Waals surface area contributed by atoms with E-state index in [1.165, 1.54) is 6.07 Å². The molecule has 2 heterocycles. The van der Waals surface area contributed by atoms with Crippen molar-refractivity contribution in [3.63, 3.8) is 0 Å². The van der Waals surface area contributed by atoms with Crippen LogP contribution in [0.3, 0.4) is 0 Å². The highest BCUT2D eigenvalue weighted by Gasteiger charge is 2.09. The Labute approximate surface area is 147 Å². The molecule has 0 unspecified atom stereocenters. The lowest BCUT2D eigenvalue weighted by Gasteiger charge is -2.06. The molecule has 1 amide bonds. The van der Waals surface area contributed by atoms with E-state index in [1.807, 2.05) is 12.1 Å². The van der Waals surface area contributed by atoms with Crippen LogP contribution < -0.4 is 10.6 Å². The maximum absolute atomic E-state index is 12.1. The normalized spacial score (nSPS) is 10.4. The van der Waals surface area contributed by atoms with Crippen molar-refractivity contribution in [2.24, 2.45) is 0 Å². The largest absolute Gasteiger partial charge is 0.467 e. The van der Waals surface area contributed by atoms with Gasteiger partial charge >= 0.3 is 0 Å². The highest BCUT2D eigenvalue weighted by molar-refractivity contribution is 6.42. The van der Waals surface area contributed by atoms with Crippen LogP contribution in [-0.4, -0.2) is 16.1 Å². The van der Waals surface area contributed by atoms with Crippen molar-refractivity contribution in [3.8, 4) is 0 Å². The first kappa shape index (κ1) is 16.3. The maximum atomic E-state index is 12.1. The van der Waals surface area contributed by atoms with Crippen LogP contribution in [-0.2, 0) is 6.54 Å². The first-order valence-corrected chi connectivity index (χ1v) is 7.74. The van der Waals surface area contributed by atoms with Crippen molar-refractivity contribution in [2.75, 3.05) is 10.6 Å². The summed E-state index contributed by atoms with van der Waals surface area (Å²) in [6, 6.07) is 11.7. The van der Waals surface area contributed by atoms with Gasteiger partial charge in [0, 0.05) is 5.56 Å². The molecule has 1 aromatic carbocycles. The molecule has 0 aliphatic heterocycles. The Morgan fingerprint density at radius 3 is 2.50 bits per heavy atom. The van der Waals surface area contributed by atoms with E-state index in [9.17, 15) is 4.79 Å². The second kappa shape index (κ2) is 7.33. The van der Waals surface area contributed by atoms with Crippen LogP contribution in [0.5, 0.6) is 0 Å². The van der Waals surface area contributed by atoms with Gasteiger partial charge < -0.3 is 15.1 Å². The van der Waals surface area contributed by atoms with Crippen LogP contribution in [0.1, 0.15) is 16.1 Å². The molecule has 6 nitrogen and oxygen atoms in total. The van der Waals surface area contributed by atoms with Gasteiger partial charge in [-0.2, -0.15) is 0 Å². The van der Waals surface area contributed by atoms with Crippen molar-refractivity contribution in [1.29, 1.82) is 0 Å². The van der Waals surface area contributed by atoms with Gasteiger partial charge in [-0.15, -0.1) is 10.2 Å². The van der Waals surface area contributed by atoms with Crippen molar-refractivity contribution in [2.45, 2.75) is 6.54 Å². The number of amides is 1. The quantitative estimate of drug-likeness (QED) is 0.709. The van der Waals surface area contributed by atoms with E-state index in [0.717, 1.165) is 5.76 Å². The molecule has 3 rings (SSSR count). The SMILES string of the molecule is O=C(Nc1ccc(NCc2ccco2)nn1)c1ccc(Cl)c(Cl)c1. The Bertz CT molecular complexity index is 836. The van der Waals surface area contributed by atoms with Gasteiger partial charge in [-0.1, -0.05) is 23.2 Å². The van der Waals surface area contributed by atoms with E-state index in [2.05, 4.69) is 20.8 Å². The van der Waals surface area contributed by atoms with Gasteiger partial charge in [0.05, 0.1) is 22.9 Å². The second-order valence-corrected chi connectivity index (χ2v) is 5.63. The van der Waals surface area contributed by atoms with Crippen LogP contribution in [0, 0.1) is 0 Å². The summed E-state index contributed by atoms with van der Waals surface area (Å²) in [4.78, 5) is 12.1. The smallest absolute Gasteiger partial charge is 0.256 e. The lowest BCUT2D eigenvalue weighted by molar-refractivity contribution is 0.102. The number of nitrogens with one attached hydrogen (secondary N) is 2. The van der Waals surface area contributed by atoms with Gasteiger partial charge in [0.15, 0.2) is 5.82 Å². The predicted octanol–water partition coefficient (Wildman–Crippen LogP) is 4.24. The van der Waals surface area contributed by atoms with Crippen molar-refractivity contribution in [3.05, 3.63) is 70.1 Å². The third-order valence-corrected chi connectivity index (χ3v) is 3.85. The van der Waals surface area contributed by atoms with E-state index in [1.54, 1.807) is 30.5 Å². The molecule has 0 bridgehead atoms. The highest BCUT2D eigenvalue weighted by Crippen LogP contribution is 2.23. The van der Waals surface area contributed by atoms with Crippen LogP contribution >= 0.6 is 23.2 Å². The van der Waals surface area contributed by atoms with Crippen LogP contribution in [0.4, 0.5) is 11.6 Å². The molecule has 0 radical (unpaired) electrons. The number of carbonyl (C=O) groups is 1. The third kappa shape index (κ3) is 4.04. The monoisotopic (exact) mass is 362 g/mol. The Kier molecular flexibility index (Phi) is 4.98. The average Bonchev–Trinajstić information content (AvgIpc) is 3.10. The number of aromatic nitrogens is 2. The van der Waals surface area contributed by atoms with Gasteiger partial charge in [0.2, 0.25) is 0 Å². The summed E-state index contributed by atoms with van der Waals surface area (Å²) in [7, 11) is 0. The minimum Gasteiger partial charge on any atom is -0.467 e. The lowest BCUT2D eigenvalue weighted by atomic mass is 10.2. The number of halogens is 2. The highest BCUT2D eigenvalue weighted by atomic mass is 35.5. The molecule has 8 heteroatoms. The number of hydrogen-bond acceptors (Lipinski definition) is 5. The second-order valence-electron chi connectivity index (χ2n) is 4.82. The number of furan rings is 1. The van der Waals surface area contributed by atoms with Crippen molar-refractivity contribution in [1.82, 2.24) is 10.2 Å². The van der Waals surface area contributed by atoms with Gasteiger partial charge in [0.25, 0.3) is 5.91 Å². The van der Waals surface area contributed by atoms with Crippen LogP contribution in [0.2, 0.25) is 10.0 Å². The number of rotatable bonds is 5. The summed E-state index contributed by atoms with van der Waals surface area (Å²) < 4.78 is 5.21. The molecule has 24 heavy (non-hydrogen) atoms. The summed E-state index contributed by atoms with van der Waals surface area (Å²) in [5.41, 5.74) is 0.381. The molecule has 0 saturated carbocycles. The zero-order chi connectivity index (χ0) is 16.9. The van der Waals surface area contributed by atoms with E-state index < -0.39 is 0 Å². The first-order valence-electron chi connectivity index (χ1n) is 6.98. The number of hydrogen-bond donors (Lipinski definition) is 2. The maximum Gasteiger partial charge on any atom is 0.256 e. The number of benzene rings is 1. The standard InChI is InChI=1S/C16H12Cl2N4O2/c17-12-4-3-10(8-13(12)18)16(23)20-15-6-5-14(21-22-15)19-9-11-2-1-7-24-11/h1-8H,9H2,(H,19,21)(H,20,22,23). The molecule has 0 fully saturated rings. The van der Waals surface area contributed by atoms with E-state index >= 15 is 0 Å². The van der Waals surface area contributed by atoms with Crippen LogP contribution in [0.25, 0.3) is 0 Å². The molecule has 0 atom stereocenters. The Hall–Kier alpha value is -2.57. The fourth-order valence-electron chi connectivity index (χ4n) is 1.91. The number of anilines is 2. The van der Waals surface area contributed by atoms with Gasteiger partial charge in [-0.05, 0) is 42.5 Å². The molecular formula is C16H12Cl2N4O2. The summed E-state index contributed by atoms with van der Waals surface area (Å²) >= 11 is 11.7. The number of carbonyl (C=O) groups excluding carboxylic acids is 1. The minimum absolute atomic E-state index is 0.313. The average molecular weight is 363 g/mol. The first-order chi connectivity index (χ1) is 11.6. The van der Waals surface area contributed by atoms with Gasteiger partial charge in [-0.25, -0.2) is 0 Å².